The van der Waals surface area contributed by atoms with Gasteiger partial charge in [0.2, 0.25) is 0 Å². The largest absolute Gasteiger partial charge is 0.367 e. The highest BCUT2D eigenvalue weighted by Gasteiger charge is 2.18. The van der Waals surface area contributed by atoms with Crippen LogP contribution in [0.15, 0.2) is 48.2 Å². The van der Waals surface area contributed by atoms with Crippen LogP contribution in [0.1, 0.15) is 10.5 Å². The number of hydrogen-bond acceptors (Lipinski definition) is 7. The van der Waals surface area contributed by atoms with Crippen LogP contribution in [0.2, 0.25) is 0 Å². The molecule has 1 aliphatic heterocycles. The minimum Gasteiger partial charge on any atom is -0.367 e. The van der Waals surface area contributed by atoms with Crippen LogP contribution >= 0.6 is 11.3 Å². The lowest BCUT2D eigenvalue weighted by Crippen LogP contribution is -2.43. The molecule has 3 aromatic heterocycles. The van der Waals surface area contributed by atoms with Crippen LogP contribution in [0.25, 0.3) is 21.5 Å². The van der Waals surface area contributed by atoms with Crippen LogP contribution in [0, 0.1) is 0 Å². The molecule has 1 fully saturated rings. The number of fused-ring (bicyclic) bond motifs is 1. The van der Waals surface area contributed by atoms with E-state index in [1.807, 2.05) is 24.3 Å². The van der Waals surface area contributed by atoms with Crippen LogP contribution in [-0.2, 0) is 0 Å². The van der Waals surface area contributed by atoms with Gasteiger partial charge >= 0.3 is 0 Å². The number of benzene rings is 1. The van der Waals surface area contributed by atoms with E-state index in [0.29, 0.717) is 11.4 Å². The Morgan fingerprint density at radius 1 is 1.17 bits per heavy atom. The van der Waals surface area contributed by atoms with Gasteiger partial charge in [-0.05, 0) is 12.1 Å². The van der Waals surface area contributed by atoms with Crippen molar-refractivity contribution < 1.29 is 4.79 Å². The molecule has 29 heavy (non-hydrogen) atoms. The Morgan fingerprint density at radius 3 is 2.97 bits per heavy atom. The van der Waals surface area contributed by atoms with Gasteiger partial charge in [-0.1, -0.05) is 12.1 Å². The molecule has 0 bridgehead atoms. The molecule has 1 aliphatic rings. The first-order chi connectivity index (χ1) is 14.3. The number of rotatable bonds is 4. The van der Waals surface area contributed by atoms with E-state index in [0.717, 1.165) is 53.3 Å². The monoisotopic (exact) mass is 405 g/mol. The first-order valence-corrected chi connectivity index (χ1v) is 10.3. The molecule has 5 rings (SSSR count). The standard InChI is InChI=1S/C20H19N7OS/c28-19(24-16-11-22-5-4-18(16)27-8-6-21-7-9-27)17-12-29-20(25-17)13-2-1-3-15-14(13)10-23-26-15/h1-5,10-12,21H,6-9H2,(H,23,26)(H,24,28). The minimum atomic E-state index is -0.240. The third-order valence-electron chi connectivity index (χ3n) is 4.96. The molecule has 146 valence electrons. The Balaban J connectivity index is 1.40. The van der Waals surface area contributed by atoms with Crippen molar-refractivity contribution in [3.63, 3.8) is 0 Å². The topological polar surface area (TPSA) is 98.8 Å². The summed E-state index contributed by atoms with van der Waals surface area (Å²) in [7, 11) is 0. The second kappa shape index (κ2) is 7.61. The number of thiazole rings is 1. The van der Waals surface area contributed by atoms with E-state index in [9.17, 15) is 4.79 Å². The van der Waals surface area contributed by atoms with Crippen molar-refractivity contribution in [2.45, 2.75) is 0 Å². The predicted molar refractivity (Wildman–Crippen MR) is 114 cm³/mol. The zero-order chi connectivity index (χ0) is 19.6. The molecule has 0 atom stereocenters. The average molecular weight is 405 g/mol. The highest BCUT2D eigenvalue weighted by molar-refractivity contribution is 7.13. The van der Waals surface area contributed by atoms with Crippen molar-refractivity contribution in [3.05, 3.63) is 53.9 Å². The van der Waals surface area contributed by atoms with Gasteiger partial charge in [0, 0.05) is 48.7 Å². The second-order valence-corrected chi connectivity index (χ2v) is 7.62. The number of piperazine rings is 1. The molecule has 1 saturated heterocycles. The SMILES string of the molecule is O=C(Nc1cnccc1N1CCNCC1)c1csc(-c2cccc3[nH]ncc23)n1. The van der Waals surface area contributed by atoms with Crippen LogP contribution in [0.3, 0.4) is 0 Å². The van der Waals surface area contributed by atoms with E-state index in [4.69, 9.17) is 0 Å². The van der Waals surface area contributed by atoms with Gasteiger partial charge in [-0.15, -0.1) is 11.3 Å². The lowest BCUT2D eigenvalue weighted by molar-refractivity contribution is 0.102. The molecule has 0 unspecified atom stereocenters. The Bertz CT molecular complexity index is 1160. The normalized spacial score (nSPS) is 14.3. The summed E-state index contributed by atoms with van der Waals surface area (Å²) in [4.78, 5) is 23.9. The van der Waals surface area contributed by atoms with Gasteiger partial charge in [0.1, 0.15) is 10.7 Å². The number of anilines is 2. The molecule has 4 aromatic rings. The van der Waals surface area contributed by atoms with Crippen molar-refractivity contribution in [2.75, 3.05) is 36.4 Å². The highest BCUT2D eigenvalue weighted by Crippen LogP contribution is 2.31. The van der Waals surface area contributed by atoms with Crippen molar-refractivity contribution in [1.29, 1.82) is 0 Å². The number of carbonyl (C=O) groups excluding carboxylic acids is 1. The van der Waals surface area contributed by atoms with Gasteiger partial charge in [-0.2, -0.15) is 5.10 Å². The van der Waals surface area contributed by atoms with Crippen LogP contribution in [-0.4, -0.2) is 52.3 Å². The van der Waals surface area contributed by atoms with Gasteiger partial charge in [-0.3, -0.25) is 14.9 Å². The summed E-state index contributed by atoms with van der Waals surface area (Å²) in [5.74, 6) is -0.240. The first-order valence-electron chi connectivity index (χ1n) is 9.38. The Kier molecular flexibility index (Phi) is 4.66. The van der Waals surface area contributed by atoms with E-state index in [2.05, 4.69) is 35.7 Å². The molecule has 0 aliphatic carbocycles. The third-order valence-corrected chi connectivity index (χ3v) is 5.83. The zero-order valence-corrected chi connectivity index (χ0v) is 16.4. The number of aromatic nitrogens is 4. The average Bonchev–Trinajstić information content (AvgIpc) is 3.44. The minimum absolute atomic E-state index is 0.240. The van der Waals surface area contributed by atoms with Gasteiger partial charge in [0.15, 0.2) is 0 Å². The summed E-state index contributed by atoms with van der Waals surface area (Å²) in [5.41, 5.74) is 3.97. The fraction of sp³-hybridized carbons (Fsp3) is 0.200. The number of amides is 1. The Morgan fingerprint density at radius 2 is 2.07 bits per heavy atom. The smallest absolute Gasteiger partial charge is 0.275 e. The summed E-state index contributed by atoms with van der Waals surface area (Å²) in [5, 5.41) is 16.9. The van der Waals surface area contributed by atoms with E-state index in [1.165, 1.54) is 11.3 Å². The summed E-state index contributed by atoms with van der Waals surface area (Å²) in [6.07, 6.45) is 5.22. The van der Waals surface area contributed by atoms with Crippen molar-refractivity contribution in [3.8, 4) is 10.6 Å². The number of carbonyl (C=O) groups is 1. The molecule has 1 aromatic carbocycles. The molecule has 3 N–H and O–H groups in total. The van der Waals surface area contributed by atoms with E-state index in [-0.39, 0.29) is 5.91 Å². The predicted octanol–water partition coefficient (Wildman–Crippen LogP) is 2.74. The molecular formula is C20H19N7OS. The summed E-state index contributed by atoms with van der Waals surface area (Å²) in [6.45, 7) is 3.63. The number of aromatic amines is 1. The number of nitrogens with zero attached hydrogens (tertiary/aromatic N) is 4. The molecule has 4 heterocycles. The Labute approximate surface area is 171 Å². The van der Waals surface area contributed by atoms with E-state index >= 15 is 0 Å². The van der Waals surface area contributed by atoms with Crippen LogP contribution in [0.4, 0.5) is 11.4 Å². The summed E-state index contributed by atoms with van der Waals surface area (Å²) in [6, 6.07) is 7.84. The summed E-state index contributed by atoms with van der Waals surface area (Å²) >= 11 is 1.44. The number of hydrogen-bond donors (Lipinski definition) is 3. The quantitative estimate of drug-likeness (QED) is 0.483. The molecule has 8 nitrogen and oxygen atoms in total. The summed E-state index contributed by atoms with van der Waals surface area (Å²) < 4.78 is 0. The maximum Gasteiger partial charge on any atom is 0.275 e. The zero-order valence-electron chi connectivity index (χ0n) is 15.6. The molecule has 9 heteroatoms. The number of H-pyrrole nitrogens is 1. The highest BCUT2D eigenvalue weighted by atomic mass is 32.1. The first kappa shape index (κ1) is 17.8. The van der Waals surface area contributed by atoms with Crippen LogP contribution in [0.5, 0.6) is 0 Å². The van der Waals surface area contributed by atoms with Gasteiger partial charge in [0.05, 0.1) is 29.3 Å². The van der Waals surface area contributed by atoms with Crippen LogP contribution < -0.4 is 15.5 Å². The van der Waals surface area contributed by atoms with Crippen molar-refractivity contribution >= 4 is 39.5 Å². The van der Waals surface area contributed by atoms with Crippen molar-refractivity contribution in [1.82, 2.24) is 25.5 Å². The Hall–Kier alpha value is -3.30. The third kappa shape index (κ3) is 3.45. The molecular weight excluding hydrogens is 386 g/mol. The van der Waals surface area contributed by atoms with E-state index in [1.54, 1.807) is 24.0 Å². The van der Waals surface area contributed by atoms with Gasteiger partial charge in [-0.25, -0.2) is 4.98 Å². The molecule has 0 radical (unpaired) electrons. The molecule has 0 spiro atoms. The number of nitrogens with one attached hydrogen (secondary N) is 3. The number of pyridine rings is 1. The second-order valence-electron chi connectivity index (χ2n) is 6.76. The van der Waals surface area contributed by atoms with Crippen molar-refractivity contribution in [2.24, 2.45) is 0 Å². The molecule has 1 amide bonds. The lowest BCUT2D eigenvalue weighted by atomic mass is 10.1. The fourth-order valence-electron chi connectivity index (χ4n) is 3.51. The molecule has 0 saturated carbocycles. The maximum absolute atomic E-state index is 12.9. The fourth-order valence-corrected chi connectivity index (χ4v) is 4.35. The van der Waals surface area contributed by atoms with Gasteiger partial charge < -0.3 is 15.5 Å². The lowest BCUT2D eigenvalue weighted by Gasteiger charge is -2.30. The van der Waals surface area contributed by atoms with E-state index < -0.39 is 0 Å². The van der Waals surface area contributed by atoms with Gasteiger partial charge in [0.25, 0.3) is 5.91 Å². The maximum atomic E-state index is 12.9.